The Kier molecular flexibility index (Phi) is 5.13. The van der Waals surface area contributed by atoms with Crippen LogP contribution in [0.25, 0.3) is 5.57 Å². The largest absolute Gasteiger partial charge is 0.496 e. The molecular formula is C23H20FNO5. The molecule has 3 aliphatic rings. The van der Waals surface area contributed by atoms with Gasteiger partial charge in [0.2, 0.25) is 0 Å². The van der Waals surface area contributed by atoms with Crippen molar-refractivity contribution in [1.82, 2.24) is 0 Å². The number of allylic oxidation sites excluding steroid dienone is 5. The molecule has 7 heteroatoms. The van der Waals surface area contributed by atoms with Crippen LogP contribution in [0.15, 0.2) is 71.1 Å². The van der Waals surface area contributed by atoms with E-state index in [9.17, 15) is 14.0 Å². The first kappa shape index (κ1) is 19.8. The maximum absolute atomic E-state index is 13.9. The number of esters is 1. The summed E-state index contributed by atoms with van der Waals surface area (Å²) in [6, 6.07) is 4.11. The number of carbonyl (C=O) groups excluding carboxylic acids is 2. The topological polar surface area (TPSA) is 73.9 Å². The van der Waals surface area contributed by atoms with Gasteiger partial charge in [0, 0.05) is 29.5 Å². The summed E-state index contributed by atoms with van der Waals surface area (Å²) in [5.41, 5.74) is 3.15. The van der Waals surface area contributed by atoms with Crippen LogP contribution >= 0.6 is 0 Å². The smallest absolute Gasteiger partial charge is 0.316 e. The molecule has 1 heterocycles. The van der Waals surface area contributed by atoms with Crippen molar-refractivity contribution in [3.05, 3.63) is 82.4 Å². The Labute approximate surface area is 173 Å². The number of rotatable bonds is 4. The molecule has 0 spiro atoms. The molecule has 0 saturated carbocycles. The van der Waals surface area contributed by atoms with Crippen molar-refractivity contribution in [2.75, 3.05) is 26.6 Å². The van der Waals surface area contributed by atoms with Crippen LogP contribution in [0.4, 0.5) is 10.1 Å². The van der Waals surface area contributed by atoms with Crippen LogP contribution in [-0.2, 0) is 23.8 Å². The minimum Gasteiger partial charge on any atom is -0.496 e. The lowest BCUT2D eigenvalue weighted by molar-refractivity contribution is -0.146. The van der Waals surface area contributed by atoms with E-state index < -0.39 is 23.8 Å². The van der Waals surface area contributed by atoms with E-state index in [4.69, 9.17) is 14.2 Å². The van der Waals surface area contributed by atoms with Crippen molar-refractivity contribution in [3.8, 4) is 0 Å². The van der Waals surface area contributed by atoms with Gasteiger partial charge in [0.05, 0.1) is 14.2 Å². The first-order valence-electron chi connectivity index (χ1n) is 9.31. The molecule has 1 aliphatic heterocycles. The molecule has 1 aromatic carbocycles. The summed E-state index contributed by atoms with van der Waals surface area (Å²) >= 11 is 0. The fourth-order valence-corrected chi connectivity index (χ4v) is 4.09. The molecule has 0 aromatic heterocycles. The third-order valence-corrected chi connectivity index (χ3v) is 5.40. The van der Waals surface area contributed by atoms with Crippen molar-refractivity contribution in [3.63, 3.8) is 0 Å². The number of hydrogen-bond donors (Lipinski definition) is 1. The van der Waals surface area contributed by atoms with Gasteiger partial charge in [-0.3, -0.25) is 9.59 Å². The third-order valence-electron chi connectivity index (χ3n) is 5.40. The first-order valence-corrected chi connectivity index (χ1v) is 9.31. The van der Waals surface area contributed by atoms with Gasteiger partial charge in [0.25, 0.3) is 5.91 Å². The number of benzene rings is 1. The molecule has 154 valence electrons. The lowest BCUT2D eigenvalue weighted by atomic mass is 9.95. The van der Waals surface area contributed by atoms with Crippen LogP contribution in [0.5, 0.6) is 0 Å². The number of fused-ring (bicyclic) bond motifs is 2. The van der Waals surface area contributed by atoms with E-state index in [0.717, 1.165) is 0 Å². The van der Waals surface area contributed by atoms with Gasteiger partial charge in [0.15, 0.2) is 0 Å². The van der Waals surface area contributed by atoms with Crippen molar-refractivity contribution >= 4 is 23.1 Å². The van der Waals surface area contributed by atoms with Gasteiger partial charge >= 0.3 is 5.97 Å². The van der Waals surface area contributed by atoms with Gasteiger partial charge < -0.3 is 19.5 Å². The molecular weight excluding hydrogens is 389 g/mol. The van der Waals surface area contributed by atoms with Gasteiger partial charge in [-0.15, -0.1) is 0 Å². The second-order valence-electron chi connectivity index (χ2n) is 6.93. The zero-order chi connectivity index (χ0) is 21.4. The zero-order valence-electron chi connectivity index (χ0n) is 16.7. The predicted octanol–water partition coefficient (Wildman–Crippen LogP) is 3.30. The fraction of sp³-hybridized carbons (Fsp3) is 0.217. The fourth-order valence-electron chi connectivity index (χ4n) is 4.09. The van der Waals surface area contributed by atoms with E-state index in [0.29, 0.717) is 33.7 Å². The molecule has 0 fully saturated rings. The number of hydrogen-bond acceptors (Lipinski definition) is 5. The molecule has 2 unspecified atom stereocenters. The number of nitrogens with one attached hydrogen (secondary N) is 1. The van der Waals surface area contributed by atoms with Crippen molar-refractivity contribution < 1.29 is 28.2 Å². The van der Waals surface area contributed by atoms with Gasteiger partial charge in [-0.1, -0.05) is 18.2 Å². The summed E-state index contributed by atoms with van der Waals surface area (Å²) in [6.45, 7) is 0. The van der Waals surface area contributed by atoms with Gasteiger partial charge in [-0.05, 0) is 41.5 Å². The summed E-state index contributed by atoms with van der Waals surface area (Å²) in [6.07, 6.45) is 8.10. The zero-order valence-corrected chi connectivity index (χ0v) is 16.7. The second-order valence-corrected chi connectivity index (χ2v) is 6.93. The standard InChI is InChI=1S/C23H20FNO5/c1-28-18-7-5-4-6-13-19(18)16(21(29-2)20(13)23(27)30-3)11-15-14-10-12(24)8-9-17(14)25-22(15)26/h4-11,20-21H,1-3H3,(H,25,26)/b15-11-. The lowest BCUT2D eigenvalue weighted by Crippen LogP contribution is -2.29. The lowest BCUT2D eigenvalue weighted by Gasteiger charge is -2.19. The molecule has 0 saturated heterocycles. The molecule has 6 nitrogen and oxygen atoms in total. The van der Waals surface area contributed by atoms with Crippen LogP contribution in [0.2, 0.25) is 0 Å². The maximum atomic E-state index is 13.9. The van der Waals surface area contributed by atoms with E-state index in [1.807, 2.05) is 0 Å². The molecule has 1 N–H and O–H groups in total. The molecule has 1 aromatic rings. The number of halogens is 1. The third kappa shape index (κ3) is 3.07. The molecule has 0 bridgehead atoms. The average Bonchev–Trinajstić information content (AvgIpc) is 3.11. The molecule has 0 radical (unpaired) electrons. The summed E-state index contributed by atoms with van der Waals surface area (Å²) < 4.78 is 30.1. The van der Waals surface area contributed by atoms with E-state index in [1.54, 1.807) is 30.4 Å². The second kappa shape index (κ2) is 7.76. The highest BCUT2D eigenvalue weighted by Crippen LogP contribution is 2.46. The molecule has 4 rings (SSSR count). The molecule has 30 heavy (non-hydrogen) atoms. The van der Waals surface area contributed by atoms with E-state index >= 15 is 0 Å². The van der Waals surface area contributed by atoms with Crippen molar-refractivity contribution in [2.24, 2.45) is 5.92 Å². The molecule has 1 amide bonds. The van der Waals surface area contributed by atoms with Crippen LogP contribution < -0.4 is 5.32 Å². The summed E-state index contributed by atoms with van der Waals surface area (Å²) in [4.78, 5) is 25.3. The van der Waals surface area contributed by atoms with Crippen molar-refractivity contribution in [2.45, 2.75) is 6.10 Å². The number of anilines is 1. The summed E-state index contributed by atoms with van der Waals surface area (Å²) in [5, 5.41) is 2.73. The Bertz CT molecular complexity index is 1090. The maximum Gasteiger partial charge on any atom is 0.316 e. The van der Waals surface area contributed by atoms with Crippen molar-refractivity contribution in [1.29, 1.82) is 0 Å². The minimum absolute atomic E-state index is 0.284. The summed E-state index contributed by atoms with van der Waals surface area (Å²) in [5.74, 6) is -1.49. The first-order chi connectivity index (χ1) is 14.5. The van der Waals surface area contributed by atoms with Crippen LogP contribution in [-0.4, -0.2) is 39.3 Å². The Morgan fingerprint density at radius 3 is 2.63 bits per heavy atom. The highest BCUT2D eigenvalue weighted by atomic mass is 19.1. The highest BCUT2D eigenvalue weighted by molar-refractivity contribution is 6.32. The Hall–Kier alpha value is -3.45. The average molecular weight is 409 g/mol. The Morgan fingerprint density at radius 1 is 1.17 bits per heavy atom. The van der Waals surface area contributed by atoms with E-state index in [1.165, 1.54) is 39.5 Å². The number of carbonyl (C=O) groups is 2. The SMILES string of the molecule is COC(=O)C1C2=CC=CC=C(OC)C2=C(/C=C2\C(=O)Nc3ccc(F)cc32)C1OC. The Balaban J connectivity index is 1.95. The van der Waals surface area contributed by atoms with Gasteiger partial charge in [-0.2, -0.15) is 0 Å². The van der Waals surface area contributed by atoms with Crippen LogP contribution in [0, 0.1) is 11.7 Å². The number of amides is 1. The molecule has 2 atom stereocenters. The van der Waals surface area contributed by atoms with Crippen LogP contribution in [0.3, 0.4) is 0 Å². The normalized spacial score (nSPS) is 23.5. The van der Waals surface area contributed by atoms with E-state index in [2.05, 4.69) is 5.32 Å². The number of methoxy groups -OCH3 is 3. The van der Waals surface area contributed by atoms with Gasteiger partial charge in [-0.25, -0.2) is 4.39 Å². The van der Waals surface area contributed by atoms with Crippen LogP contribution in [0.1, 0.15) is 5.56 Å². The Morgan fingerprint density at radius 2 is 1.93 bits per heavy atom. The number of ether oxygens (including phenoxy) is 3. The van der Waals surface area contributed by atoms with Gasteiger partial charge in [0.1, 0.15) is 23.6 Å². The molecule has 2 aliphatic carbocycles. The quantitative estimate of drug-likeness (QED) is 0.610. The minimum atomic E-state index is -0.736. The summed E-state index contributed by atoms with van der Waals surface area (Å²) in [7, 11) is 4.33. The predicted molar refractivity (Wildman–Crippen MR) is 109 cm³/mol. The monoisotopic (exact) mass is 409 g/mol. The van der Waals surface area contributed by atoms with E-state index in [-0.39, 0.29) is 11.5 Å². The highest BCUT2D eigenvalue weighted by Gasteiger charge is 2.45.